The Hall–Kier alpha value is -2.21. The summed E-state index contributed by atoms with van der Waals surface area (Å²) in [5, 5.41) is -0.0420. The van der Waals surface area contributed by atoms with Crippen LogP contribution in [0.15, 0.2) is 42.7 Å². The van der Waals surface area contributed by atoms with Gasteiger partial charge in [-0.1, -0.05) is 0 Å². The number of hydrogen-bond acceptors (Lipinski definition) is 5. The van der Waals surface area contributed by atoms with E-state index in [4.69, 9.17) is 9.47 Å². The number of thioether (sulfide) groups is 1. The van der Waals surface area contributed by atoms with Crippen molar-refractivity contribution in [2.45, 2.75) is 11.9 Å². The van der Waals surface area contributed by atoms with Crippen LogP contribution in [0.2, 0.25) is 0 Å². The normalized spacial score (nSPS) is 17.4. The molecule has 1 aliphatic rings. The molecule has 0 bridgehead atoms. The van der Waals surface area contributed by atoms with Crippen LogP contribution in [0.1, 0.15) is 16.5 Å². The summed E-state index contributed by atoms with van der Waals surface area (Å²) in [5.74, 6) is 2.07. The van der Waals surface area contributed by atoms with Crippen LogP contribution < -0.4 is 9.47 Å². The van der Waals surface area contributed by atoms with E-state index in [2.05, 4.69) is 4.98 Å². The molecule has 0 N–H and O–H groups in total. The van der Waals surface area contributed by atoms with E-state index in [1.165, 1.54) is 0 Å². The van der Waals surface area contributed by atoms with Gasteiger partial charge in [0.25, 0.3) is 0 Å². The SMILES string of the molecule is COc1cc(OC)cc(C2SCC(=O)N2Cc2ccncc2)c1. The Labute approximate surface area is 139 Å². The highest BCUT2D eigenvalue weighted by molar-refractivity contribution is 8.00. The molecule has 1 unspecified atom stereocenters. The maximum atomic E-state index is 12.3. The fourth-order valence-electron chi connectivity index (χ4n) is 2.56. The quantitative estimate of drug-likeness (QED) is 0.844. The van der Waals surface area contributed by atoms with E-state index in [1.54, 1.807) is 38.4 Å². The summed E-state index contributed by atoms with van der Waals surface area (Å²) in [7, 11) is 3.25. The minimum atomic E-state index is -0.0420. The Morgan fingerprint density at radius 3 is 2.43 bits per heavy atom. The lowest BCUT2D eigenvalue weighted by Gasteiger charge is -2.25. The zero-order valence-corrected chi connectivity index (χ0v) is 13.9. The number of aromatic nitrogens is 1. The number of ether oxygens (including phenoxy) is 2. The van der Waals surface area contributed by atoms with Crippen molar-refractivity contribution in [2.24, 2.45) is 0 Å². The molecule has 1 aromatic carbocycles. The molecule has 1 saturated heterocycles. The van der Waals surface area contributed by atoms with E-state index in [0.29, 0.717) is 12.3 Å². The van der Waals surface area contributed by atoms with Crippen molar-refractivity contribution in [3.8, 4) is 11.5 Å². The predicted octanol–water partition coefficient (Wildman–Crippen LogP) is 2.87. The third kappa shape index (κ3) is 3.42. The van der Waals surface area contributed by atoms with Gasteiger partial charge < -0.3 is 14.4 Å². The zero-order chi connectivity index (χ0) is 16.2. The van der Waals surface area contributed by atoms with Crippen LogP contribution in [0.4, 0.5) is 0 Å². The number of rotatable bonds is 5. The summed E-state index contributed by atoms with van der Waals surface area (Å²) in [4.78, 5) is 18.2. The maximum Gasteiger partial charge on any atom is 0.234 e. The Kier molecular flexibility index (Phi) is 4.71. The molecule has 0 radical (unpaired) electrons. The van der Waals surface area contributed by atoms with Gasteiger partial charge in [-0.15, -0.1) is 11.8 Å². The third-order valence-corrected chi connectivity index (χ3v) is 4.99. The second kappa shape index (κ2) is 6.91. The molecule has 1 aliphatic heterocycles. The van der Waals surface area contributed by atoms with Gasteiger partial charge in [-0.05, 0) is 35.4 Å². The molecular weight excluding hydrogens is 312 g/mol. The molecule has 1 fully saturated rings. The Bertz CT molecular complexity index is 671. The summed E-state index contributed by atoms with van der Waals surface area (Å²) < 4.78 is 10.7. The molecule has 0 saturated carbocycles. The van der Waals surface area contributed by atoms with Crippen LogP contribution in [-0.4, -0.2) is 35.8 Å². The van der Waals surface area contributed by atoms with E-state index >= 15 is 0 Å². The first-order valence-electron chi connectivity index (χ1n) is 7.24. The highest BCUT2D eigenvalue weighted by atomic mass is 32.2. The summed E-state index contributed by atoms with van der Waals surface area (Å²) in [6.07, 6.45) is 3.49. The Balaban J connectivity index is 1.90. The largest absolute Gasteiger partial charge is 0.497 e. The van der Waals surface area contributed by atoms with Gasteiger partial charge in [0.05, 0.1) is 20.0 Å². The highest BCUT2D eigenvalue weighted by Crippen LogP contribution is 2.41. The van der Waals surface area contributed by atoms with E-state index in [0.717, 1.165) is 22.6 Å². The number of carbonyl (C=O) groups is 1. The zero-order valence-electron chi connectivity index (χ0n) is 13.1. The van der Waals surface area contributed by atoms with Crippen molar-refractivity contribution < 1.29 is 14.3 Å². The summed E-state index contributed by atoms with van der Waals surface area (Å²) in [5.41, 5.74) is 2.07. The molecule has 120 valence electrons. The van der Waals surface area contributed by atoms with E-state index < -0.39 is 0 Å². The minimum Gasteiger partial charge on any atom is -0.497 e. The van der Waals surface area contributed by atoms with Crippen molar-refractivity contribution in [3.05, 3.63) is 53.9 Å². The van der Waals surface area contributed by atoms with E-state index in [1.807, 2.05) is 35.2 Å². The average molecular weight is 330 g/mol. The first-order chi connectivity index (χ1) is 11.2. The summed E-state index contributed by atoms with van der Waals surface area (Å²) in [6, 6.07) is 9.60. The first-order valence-corrected chi connectivity index (χ1v) is 8.29. The van der Waals surface area contributed by atoms with Crippen molar-refractivity contribution in [3.63, 3.8) is 0 Å². The van der Waals surface area contributed by atoms with Crippen molar-refractivity contribution >= 4 is 17.7 Å². The average Bonchev–Trinajstić information content (AvgIpc) is 2.96. The van der Waals surface area contributed by atoms with Gasteiger partial charge in [-0.3, -0.25) is 9.78 Å². The van der Waals surface area contributed by atoms with Gasteiger partial charge in [-0.25, -0.2) is 0 Å². The third-order valence-electron chi connectivity index (χ3n) is 3.73. The topological polar surface area (TPSA) is 51.7 Å². The molecule has 2 heterocycles. The second-order valence-electron chi connectivity index (χ2n) is 5.19. The molecule has 3 rings (SSSR count). The standard InChI is InChI=1S/C17H18N2O3S/c1-21-14-7-13(8-15(9-14)22-2)17-19(16(20)11-23-17)10-12-3-5-18-6-4-12/h3-9,17H,10-11H2,1-2H3. The molecule has 2 aromatic rings. The smallest absolute Gasteiger partial charge is 0.234 e. The van der Waals surface area contributed by atoms with E-state index in [9.17, 15) is 4.79 Å². The van der Waals surface area contributed by atoms with Crippen LogP contribution in [0, 0.1) is 0 Å². The number of hydrogen-bond donors (Lipinski definition) is 0. The molecule has 5 nitrogen and oxygen atoms in total. The number of benzene rings is 1. The Morgan fingerprint density at radius 2 is 1.83 bits per heavy atom. The van der Waals surface area contributed by atoms with Gasteiger partial charge in [0.2, 0.25) is 5.91 Å². The summed E-state index contributed by atoms with van der Waals surface area (Å²) >= 11 is 1.62. The molecular formula is C17H18N2O3S. The molecule has 1 amide bonds. The van der Waals surface area contributed by atoms with Gasteiger partial charge >= 0.3 is 0 Å². The molecule has 23 heavy (non-hydrogen) atoms. The van der Waals surface area contributed by atoms with Crippen LogP contribution in [0.25, 0.3) is 0 Å². The van der Waals surface area contributed by atoms with Gasteiger partial charge in [0.15, 0.2) is 0 Å². The van der Waals surface area contributed by atoms with Crippen LogP contribution in [0.3, 0.4) is 0 Å². The van der Waals surface area contributed by atoms with Crippen LogP contribution in [0.5, 0.6) is 11.5 Å². The van der Waals surface area contributed by atoms with Gasteiger partial charge in [0, 0.05) is 25.0 Å². The Morgan fingerprint density at radius 1 is 1.17 bits per heavy atom. The van der Waals surface area contributed by atoms with Crippen LogP contribution in [-0.2, 0) is 11.3 Å². The molecule has 0 aliphatic carbocycles. The van der Waals surface area contributed by atoms with Crippen molar-refractivity contribution in [1.82, 2.24) is 9.88 Å². The monoisotopic (exact) mass is 330 g/mol. The summed E-state index contributed by atoms with van der Waals surface area (Å²) in [6.45, 7) is 0.568. The van der Waals surface area contributed by atoms with Crippen molar-refractivity contribution in [1.29, 1.82) is 0 Å². The number of carbonyl (C=O) groups excluding carboxylic acids is 1. The number of pyridine rings is 1. The fraction of sp³-hybridized carbons (Fsp3) is 0.294. The van der Waals surface area contributed by atoms with Crippen molar-refractivity contribution in [2.75, 3.05) is 20.0 Å². The lowest BCUT2D eigenvalue weighted by atomic mass is 10.1. The molecule has 1 atom stereocenters. The number of methoxy groups -OCH3 is 2. The molecule has 1 aromatic heterocycles. The lowest BCUT2D eigenvalue weighted by molar-refractivity contribution is -0.128. The van der Waals surface area contributed by atoms with Gasteiger partial charge in [0.1, 0.15) is 16.9 Å². The predicted molar refractivity (Wildman–Crippen MR) is 89.5 cm³/mol. The van der Waals surface area contributed by atoms with E-state index in [-0.39, 0.29) is 11.3 Å². The minimum absolute atomic E-state index is 0.0420. The highest BCUT2D eigenvalue weighted by Gasteiger charge is 2.33. The first kappa shape index (κ1) is 15.7. The second-order valence-corrected chi connectivity index (χ2v) is 6.25. The fourth-order valence-corrected chi connectivity index (χ4v) is 3.72. The van der Waals surface area contributed by atoms with Crippen LogP contribution >= 0.6 is 11.8 Å². The molecule has 0 spiro atoms. The van der Waals surface area contributed by atoms with Gasteiger partial charge in [-0.2, -0.15) is 0 Å². The maximum absolute atomic E-state index is 12.3. The lowest BCUT2D eigenvalue weighted by Crippen LogP contribution is -2.27. The number of amides is 1. The number of nitrogens with zero attached hydrogens (tertiary/aromatic N) is 2. The molecule has 6 heteroatoms.